The smallest absolute Gasteiger partial charge is 0.343 e. The van der Waals surface area contributed by atoms with Crippen LogP contribution in [0.1, 0.15) is 28.4 Å². The second-order valence-corrected chi connectivity index (χ2v) is 7.02. The van der Waals surface area contributed by atoms with Crippen molar-refractivity contribution in [2.45, 2.75) is 13.8 Å². The van der Waals surface area contributed by atoms with E-state index in [0.717, 1.165) is 16.8 Å². The molecule has 0 radical (unpaired) electrons. The lowest BCUT2D eigenvalue weighted by molar-refractivity contribution is 0.0734. The molecule has 0 aliphatic carbocycles. The molecule has 0 aliphatic rings. The van der Waals surface area contributed by atoms with E-state index in [2.05, 4.69) is 15.8 Å². The highest BCUT2D eigenvalue weighted by atomic mass is 32.1. The highest BCUT2D eigenvalue weighted by Gasteiger charge is 2.08. The van der Waals surface area contributed by atoms with E-state index >= 15 is 0 Å². The van der Waals surface area contributed by atoms with Crippen LogP contribution in [0.15, 0.2) is 77.9 Å². The summed E-state index contributed by atoms with van der Waals surface area (Å²) in [5.41, 5.74) is 6.09. The van der Waals surface area contributed by atoms with Crippen LogP contribution in [0.5, 0.6) is 11.5 Å². The van der Waals surface area contributed by atoms with E-state index in [1.165, 1.54) is 0 Å². The number of carbonyl (C=O) groups excluding carboxylic acids is 1. The van der Waals surface area contributed by atoms with Crippen molar-refractivity contribution in [2.75, 3.05) is 11.9 Å². The van der Waals surface area contributed by atoms with Crippen LogP contribution >= 0.6 is 12.2 Å². The molecule has 0 bridgehead atoms. The van der Waals surface area contributed by atoms with Crippen molar-refractivity contribution in [1.29, 1.82) is 0 Å². The fraction of sp³-hybridized carbons (Fsp3) is 0.125. The maximum atomic E-state index is 12.3. The molecule has 0 spiro atoms. The number of aryl methyl sites for hydroxylation is 1. The molecular weight excluding hydrogens is 410 g/mol. The Hall–Kier alpha value is -3.71. The molecule has 0 saturated carbocycles. The average molecular weight is 434 g/mol. The van der Waals surface area contributed by atoms with Crippen molar-refractivity contribution in [3.63, 3.8) is 0 Å². The summed E-state index contributed by atoms with van der Waals surface area (Å²) in [4.78, 5) is 12.3. The molecule has 3 rings (SSSR count). The normalized spacial score (nSPS) is 10.5. The molecule has 3 aromatic rings. The first kappa shape index (κ1) is 22.0. The van der Waals surface area contributed by atoms with Gasteiger partial charge in [0.05, 0.1) is 18.4 Å². The molecule has 0 unspecified atom stereocenters. The topological polar surface area (TPSA) is 72.0 Å². The number of anilines is 1. The van der Waals surface area contributed by atoms with Gasteiger partial charge in [0, 0.05) is 5.69 Å². The standard InChI is InChI=1S/C24H23N3O3S/c1-3-29-21-13-9-19(10-14-21)23(28)30-22-11-7-18(8-12-22)16-25-27-24(31)26-20-6-4-5-17(2)15-20/h4-16H,3H2,1-2H3,(H2,26,27,31). The molecular formula is C24H23N3O3S. The summed E-state index contributed by atoms with van der Waals surface area (Å²) in [7, 11) is 0. The van der Waals surface area contributed by atoms with E-state index in [1.807, 2.05) is 38.1 Å². The van der Waals surface area contributed by atoms with Crippen LogP contribution in [0.3, 0.4) is 0 Å². The van der Waals surface area contributed by atoms with Gasteiger partial charge in [-0.05, 0) is 97.9 Å². The van der Waals surface area contributed by atoms with Gasteiger partial charge < -0.3 is 14.8 Å². The van der Waals surface area contributed by atoms with Gasteiger partial charge >= 0.3 is 5.97 Å². The lowest BCUT2D eigenvalue weighted by atomic mass is 10.2. The van der Waals surface area contributed by atoms with Crippen LogP contribution in [0.4, 0.5) is 5.69 Å². The van der Waals surface area contributed by atoms with E-state index in [9.17, 15) is 4.79 Å². The molecule has 0 aromatic heterocycles. The molecule has 0 aliphatic heterocycles. The van der Waals surface area contributed by atoms with Crippen molar-refractivity contribution < 1.29 is 14.3 Å². The number of hydrazone groups is 1. The molecule has 3 aromatic carbocycles. The Bertz CT molecular complexity index is 1060. The minimum atomic E-state index is -0.432. The Morgan fingerprint density at radius 3 is 2.42 bits per heavy atom. The molecule has 0 fully saturated rings. The van der Waals surface area contributed by atoms with Crippen molar-refractivity contribution in [3.8, 4) is 11.5 Å². The lowest BCUT2D eigenvalue weighted by Crippen LogP contribution is -2.23. The zero-order valence-electron chi connectivity index (χ0n) is 17.3. The minimum Gasteiger partial charge on any atom is -0.494 e. The van der Waals surface area contributed by atoms with Crippen LogP contribution in [0.2, 0.25) is 0 Å². The summed E-state index contributed by atoms with van der Waals surface area (Å²) in [6.07, 6.45) is 1.63. The average Bonchev–Trinajstić information content (AvgIpc) is 2.76. The summed E-state index contributed by atoms with van der Waals surface area (Å²) >= 11 is 5.23. The predicted molar refractivity (Wildman–Crippen MR) is 127 cm³/mol. The van der Waals surface area contributed by atoms with Crippen molar-refractivity contribution >= 4 is 35.2 Å². The number of thiocarbonyl (C=S) groups is 1. The fourth-order valence-electron chi connectivity index (χ4n) is 2.69. The number of nitrogens with one attached hydrogen (secondary N) is 2. The molecule has 31 heavy (non-hydrogen) atoms. The van der Waals surface area contributed by atoms with Crippen LogP contribution in [0.25, 0.3) is 0 Å². The van der Waals surface area contributed by atoms with E-state index in [4.69, 9.17) is 21.7 Å². The summed E-state index contributed by atoms with van der Waals surface area (Å²) < 4.78 is 10.8. The van der Waals surface area contributed by atoms with Gasteiger partial charge in [0.15, 0.2) is 5.11 Å². The number of hydrogen-bond donors (Lipinski definition) is 2. The molecule has 2 N–H and O–H groups in total. The summed E-state index contributed by atoms with van der Waals surface area (Å²) in [5.74, 6) is 0.726. The number of hydrogen-bond acceptors (Lipinski definition) is 5. The first-order chi connectivity index (χ1) is 15.0. The molecule has 6 nitrogen and oxygen atoms in total. The van der Waals surface area contributed by atoms with Gasteiger partial charge in [-0.1, -0.05) is 12.1 Å². The maximum absolute atomic E-state index is 12.3. The first-order valence-electron chi connectivity index (χ1n) is 9.75. The second-order valence-electron chi connectivity index (χ2n) is 6.61. The number of esters is 1. The Balaban J connectivity index is 1.50. The van der Waals surface area contributed by atoms with Crippen molar-refractivity contribution in [1.82, 2.24) is 5.43 Å². The molecule has 0 amide bonds. The van der Waals surface area contributed by atoms with Gasteiger partial charge in [-0.25, -0.2) is 4.79 Å². The summed E-state index contributed by atoms with van der Waals surface area (Å²) in [5, 5.41) is 7.58. The van der Waals surface area contributed by atoms with Gasteiger partial charge in [-0.2, -0.15) is 5.10 Å². The van der Waals surface area contributed by atoms with E-state index in [1.54, 1.807) is 54.7 Å². The van der Waals surface area contributed by atoms with Crippen LogP contribution in [-0.4, -0.2) is 23.9 Å². The van der Waals surface area contributed by atoms with E-state index in [0.29, 0.717) is 28.8 Å². The SMILES string of the molecule is CCOc1ccc(C(=O)Oc2ccc(C=NNC(=S)Nc3cccc(C)c3)cc2)cc1. The van der Waals surface area contributed by atoms with Crippen LogP contribution in [0, 0.1) is 6.92 Å². The monoisotopic (exact) mass is 433 g/mol. The zero-order valence-corrected chi connectivity index (χ0v) is 18.1. The quantitative estimate of drug-likeness (QED) is 0.181. The largest absolute Gasteiger partial charge is 0.494 e. The Morgan fingerprint density at radius 1 is 1.03 bits per heavy atom. The third-order valence-electron chi connectivity index (χ3n) is 4.15. The second kappa shape index (κ2) is 10.9. The van der Waals surface area contributed by atoms with Crippen LogP contribution in [-0.2, 0) is 0 Å². The van der Waals surface area contributed by atoms with Gasteiger partial charge in [0.25, 0.3) is 0 Å². The summed E-state index contributed by atoms with van der Waals surface area (Å²) in [6, 6.07) is 21.7. The van der Waals surface area contributed by atoms with Gasteiger partial charge in [0.1, 0.15) is 11.5 Å². The van der Waals surface area contributed by atoms with E-state index < -0.39 is 5.97 Å². The first-order valence-corrected chi connectivity index (χ1v) is 10.2. The third kappa shape index (κ3) is 6.94. The number of rotatable bonds is 7. The third-order valence-corrected chi connectivity index (χ3v) is 4.34. The zero-order chi connectivity index (χ0) is 22.1. The number of ether oxygens (including phenoxy) is 2. The minimum absolute atomic E-state index is 0.391. The summed E-state index contributed by atoms with van der Waals surface area (Å²) in [6.45, 7) is 4.49. The molecule has 0 saturated heterocycles. The van der Waals surface area contributed by atoms with Gasteiger partial charge in [-0.15, -0.1) is 0 Å². The van der Waals surface area contributed by atoms with Gasteiger partial charge in [0.2, 0.25) is 0 Å². The van der Waals surface area contributed by atoms with Crippen LogP contribution < -0.4 is 20.2 Å². The Morgan fingerprint density at radius 2 is 1.74 bits per heavy atom. The maximum Gasteiger partial charge on any atom is 0.343 e. The number of nitrogens with zero attached hydrogens (tertiary/aromatic N) is 1. The lowest BCUT2D eigenvalue weighted by Gasteiger charge is -2.07. The number of benzene rings is 3. The van der Waals surface area contributed by atoms with Gasteiger partial charge in [-0.3, -0.25) is 5.43 Å². The molecule has 0 atom stereocenters. The van der Waals surface area contributed by atoms with Crippen molar-refractivity contribution in [2.24, 2.45) is 5.10 Å². The predicted octanol–water partition coefficient (Wildman–Crippen LogP) is 4.93. The molecule has 0 heterocycles. The highest BCUT2D eigenvalue weighted by molar-refractivity contribution is 7.80. The van der Waals surface area contributed by atoms with E-state index in [-0.39, 0.29) is 0 Å². The Kier molecular flexibility index (Phi) is 7.73. The van der Waals surface area contributed by atoms with Crippen molar-refractivity contribution in [3.05, 3.63) is 89.5 Å². The fourth-order valence-corrected chi connectivity index (χ4v) is 2.86. The highest BCUT2D eigenvalue weighted by Crippen LogP contribution is 2.16. The number of carbonyl (C=O) groups is 1. The molecule has 158 valence electrons. The Labute approximate surface area is 186 Å². The molecule has 7 heteroatoms.